The third kappa shape index (κ3) is 3.65. The molecule has 1 aliphatic rings. The van der Waals surface area contributed by atoms with Crippen LogP contribution in [0.5, 0.6) is 0 Å². The van der Waals surface area contributed by atoms with E-state index >= 15 is 0 Å². The number of hydrogen-bond acceptors (Lipinski definition) is 4. The summed E-state index contributed by atoms with van der Waals surface area (Å²) < 4.78 is 0. The zero-order valence-corrected chi connectivity index (χ0v) is 13.0. The van der Waals surface area contributed by atoms with Gasteiger partial charge in [0, 0.05) is 5.56 Å². The molecule has 0 radical (unpaired) electrons. The smallest absolute Gasteiger partial charge is 0.319 e. The van der Waals surface area contributed by atoms with Gasteiger partial charge < -0.3 is 15.7 Å². The molecule has 23 heavy (non-hydrogen) atoms. The number of hydrogen-bond donors (Lipinski definition) is 3. The Bertz CT molecular complexity index is 671. The zero-order valence-electron chi connectivity index (χ0n) is 13.0. The molecule has 2 aromatic rings. The normalized spacial score (nSPS) is 16.4. The van der Waals surface area contributed by atoms with E-state index in [0.717, 1.165) is 18.4 Å². The summed E-state index contributed by atoms with van der Waals surface area (Å²) >= 11 is 0. The molecule has 0 spiro atoms. The Balaban J connectivity index is 1.63. The van der Waals surface area contributed by atoms with Crippen molar-refractivity contribution in [2.24, 2.45) is 5.92 Å². The number of carbonyl (C=O) groups excluding carboxylic acids is 1. The van der Waals surface area contributed by atoms with E-state index in [0.29, 0.717) is 17.4 Å². The van der Waals surface area contributed by atoms with E-state index in [2.05, 4.69) is 20.6 Å². The lowest BCUT2D eigenvalue weighted by atomic mass is 9.97. The van der Waals surface area contributed by atoms with Gasteiger partial charge in [-0.25, -0.2) is 14.8 Å². The maximum Gasteiger partial charge on any atom is 0.319 e. The van der Waals surface area contributed by atoms with Gasteiger partial charge in [0.15, 0.2) is 5.82 Å². The summed E-state index contributed by atoms with van der Waals surface area (Å²) in [5.41, 5.74) is 0.859. The zero-order chi connectivity index (χ0) is 16.3. The largest absolute Gasteiger partial charge is 0.394 e. The third-order valence-corrected chi connectivity index (χ3v) is 4.15. The van der Waals surface area contributed by atoms with Crippen LogP contribution >= 0.6 is 0 Å². The molecule has 1 atom stereocenters. The predicted molar refractivity (Wildman–Crippen MR) is 87.8 cm³/mol. The van der Waals surface area contributed by atoms with Crippen LogP contribution in [0.2, 0.25) is 0 Å². The maximum absolute atomic E-state index is 12.1. The molecule has 6 heteroatoms. The van der Waals surface area contributed by atoms with Crippen LogP contribution < -0.4 is 10.6 Å². The minimum atomic E-state index is -0.574. The van der Waals surface area contributed by atoms with Crippen LogP contribution in [0, 0.1) is 5.92 Å². The highest BCUT2D eigenvalue weighted by molar-refractivity contribution is 5.89. The van der Waals surface area contributed by atoms with Crippen molar-refractivity contribution in [2.45, 2.75) is 25.3 Å². The van der Waals surface area contributed by atoms with E-state index in [1.165, 1.54) is 0 Å². The molecule has 2 amide bonds. The number of carbonyl (C=O) groups is 1. The highest BCUT2D eigenvalue weighted by atomic mass is 16.3. The summed E-state index contributed by atoms with van der Waals surface area (Å²) in [5.74, 6) is 0.949. The minimum Gasteiger partial charge on any atom is -0.394 e. The van der Waals surface area contributed by atoms with E-state index in [1.807, 2.05) is 37.3 Å². The van der Waals surface area contributed by atoms with Gasteiger partial charge in [-0.15, -0.1) is 0 Å². The number of aliphatic hydroxyl groups excluding tert-OH is 1. The van der Waals surface area contributed by atoms with Crippen molar-refractivity contribution in [1.82, 2.24) is 15.3 Å². The fraction of sp³-hybridized carbons (Fsp3) is 0.353. The summed E-state index contributed by atoms with van der Waals surface area (Å²) in [7, 11) is 0. The number of nitrogens with zero attached hydrogens (tertiary/aromatic N) is 2. The highest BCUT2D eigenvalue weighted by Crippen LogP contribution is 2.39. The Morgan fingerprint density at radius 1 is 1.26 bits per heavy atom. The molecule has 1 aromatic heterocycles. The Kier molecular flexibility index (Phi) is 4.25. The Morgan fingerprint density at radius 2 is 1.91 bits per heavy atom. The van der Waals surface area contributed by atoms with Crippen LogP contribution in [0.15, 0.2) is 42.7 Å². The summed E-state index contributed by atoms with van der Waals surface area (Å²) in [6.45, 7) is 1.79. The van der Waals surface area contributed by atoms with Crippen LogP contribution in [0.3, 0.4) is 0 Å². The van der Waals surface area contributed by atoms with Gasteiger partial charge in [-0.1, -0.05) is 30.3 Å². The van der Waals surface area contributed by atoms with Gasteiger partial charge in [-0.2, -0.15) is 0 Å². The van der Waals surface area contributed by atoms with E-state index in [9.17, 15) is 9.90 Å². The van der Waals surface area contributed by atoms with Crippen LogP contribution in [-0.2, 0) is 0 Å². The molecular weight excluding hydrogens is 292 g/mol. The summed E-state index contributed by atoms with van der Waals surface area (Å²) in [4.78, 5) is 20.6. The number of aliphatic hydroxyl groups is 1. The molecule has 120 valence electrons. The predicted octanol–water partition coefficient (Wildman–Crippen LogP) is 2.43. The van der Waals surface area contributed by atoms with Crippen molar-refractivity contribution >= 4 is 11.7 Å². The average molecular weight is 312 g/mol. The maximum atomic E-state index is 12.1. The lowest BCUT2D eigenvalue weighted by Crippen LogP contribution is -2.52. The first kappa shape index (κ1) is 15.4. The summed E-state index contributed by atoms with van der Waals surface area (Å²) in [6.07, 6.45) is 5.21. The van der Waals surface area contributed by atoms with Crippen LogP contribution in [0.1, 0.15) is 19.8 Å². The standard InChI is InChI=1S/C17H20N4O2/c1-17(11-22,13-7-8-13)21-16(23)20-14-9-18-15(19-10-14)12-5-3-2-4-6-12/h2-6,9-10,13,22H,7-8,11H2,1H3,(H2,20,21,23)/t17-/m1/s1. The van der Waals surface area contributed by atoms with Gasteiger partial charge >= 0.3 is 6.03 Å². The molecule has 0 aliphatic heterocycles. The second-order valence-electron chi connectivity index (χ2n) is 6.09. The minimum absolute atomic E-state index is 0.0749. The lowest BCUT2D eigenvalue weighted by Gasteiger charge is -2.28. The SMILES string of the molecule is C[C@](CO)(NC(=O)Nc1cnc(-c2ccccc2)nc1)C1CC1. The first-order chi connectivity index (χ1) is 11.1. The molecule has 3 rings (SSSR count). The molecule has 0 unspecified atom stereocenters. The van der Waals surface area contributed by atoms with Gasteiger partial charge in [-0.05, 0) is 25.7 Å². The van der Waals surface area contributed by atoms with Crippen molar-refractivity contribution in [2.75, 3.05) is 11.9 Å². The average Bonchev–Trinajstić information content (AvgIpc) is 3.41. The monoisotopic (exact) mass is 312 g/mol. The molecule has 1 saturated carbocycles. The Hall–Kier alpha value is -2.47. The Labute approximate surface area is 135 Å². The van der Waals surface area contributed by atoms with Crippen molar-refractivity contribution < 1.29 is 9.90 Å². The molecule has 6 nitrogen and oxygen atoms in total. The fourth-order valence-corrected chi connectivity index (χ4v) is 2.54. The number of aromatic nitrogens is 2. The van der Waals surface area contributed by atoms with Gasteiger partial charge in [-0.3, -0.25) is 0 Å². The molecule has 0 bridgehead atoms. The quantitative estimate of drug-likeness (QED) is 0.791. The van der Waals surface area contributed by atoms with Crippen LogP contribution in [0.4, 0.5) is 10.5 Å². The molecule has 0 saturated heterocycles. The highest BCUT2D eigenvalue weighted by Gasteiger charge is 2.42. The van der Waals surface area contributed by atoms with Crippen LogP contribution in [0.25, 0.3) is 11.4 Å². The molecule has 1 fully saturated rings. The molecule has 1 heterocycles. The number of urea groups is 1. The van der Waals surface area contributed by atoms with Crippen molar-refractivity contribution in [3.05, 3.63) is 42.7 Å². The number of rotatable bonds is 5. The van der Waals surface area contributed by atoms with Gasteiger partial charge in [0.25, 0.3) is 0 Å². The molecule has 3 N–H and O–H groups in total. The van der Waals surface area contributed by atoms with Crippen molar-refractivity contribution in [3.8, 4) is 11.4 Å². The molecule has 1 aromatic carbocycles. The summed E-state index contributed by atoms with van der Waals surface area (Å²) in [5, 5.41) is 15.1. The van der Waals surface area contributed by atoms with E-state index in [1.54, 1.807) is 12.4 Å². The second-order valence-corrected chi connectivity index (χ2v) is 6.09. The first-order valence-corrected chi connectivity index (χ1v) is 7.68. The van der Waals surface area contributed by atoms with Crippen molar-refractivity contribution in [1.29, 1.82) is 0 Å². The number of anilines is 1. The molecule has 1 aliphatic carbocycles. The van der Waals surface area contributed by atoms with E-state index < -0.39 is 5.54 Å². The number of benzene rings is 1. The fourth-order valence-electron chi connectivity index (χ4n) is 2.54. The van der Waals surface area contributed by atoms with Gasteiger partial charge in [0.05, 0.1) is 30.2 Å². The summed E-state index contributed by atoms with van der Waals surface area (Å²) in [6, 6.07) is 9.28. The van der Waals surface area contributed by atoms with Gasteiger partial charge in [0.1, 0.15) is 0 Å². The van der Waals surface area contributed by atoms with Gasteiger partial charge in [0.2, 0.25) is 0 Å². The first-order valence-electron chi connectivity index (χ1n) is 7.68. The second kappa shape index (κ2) is 6.34. The number of amides is 2. The van der Waals surface area contributed by atoms with E-state index in [-0.39, 0.29) is 12.6 Å². The van der Waals surface area contributed by atoms with E-state index in [4.69, 9.17) is 0 Å². The third-order valence-electron chi connectivity index (χ3n) is 4.15. The molecular formula is C17H20N4O2. The lowest BCUT2D eigenvalue weighted by molar-refractivity contribution is 0.159. The van der Waals surface area contributed by atoms with Crippen molar-refractivity contribution in [3.63, 3.8) is 0 Å². The number of nitrogens with one attached hydrogen (secondary N) is 2. The topological polar surface area (TPSA) is 87.1 Å². The Morgan fingerprint density at radius 3 is 2.48 bits per heavy atom. The van der Waals surface area contributed by atoms with Crippen LogP contribution in [-0.4, -0.2) is 33.3 Å².